The van der Waals surface area contributed by atoms with Crippen molar-refractivity contribution < 1.29 is 9.53 Å². The molecule has 3 heterocycles. The monoisotopic (exact) mass is 330 g/mol. The summed E-state index contributed by atoms with van der Waals surface area (Å²) in [5.74, 6) is 1.46. The number of aromatic nitrogens is 2. The Labute approximate surface area is 143 Å². The average molecular weight is 330 g/mol. The quantitative estimate of drug-likeness (QED) is 0.819. The Hall–Kier alpha value is -1.69. The van der Waals surface area contributed by atoms with Crippen LogP contribution in [0.1, 0.15) is 36.2 Å². The minimum Gasteiger partial charge on any atom is -0.378 e. The maximum Gasteiger partial charge on any atom is 0.225 e. The van der Waals surface area contributed by atoms with E-state index in [2.05, 4.69) is 16.7 Å². The SMILES string of the molecule is Cc1nc(N2CCOCC2)nc2c1CCN(C(=O)C1CCC1)CC2. The second kappa shape index (κ2) is 6.67. The third-order valence-electron chi connectivity index (χ3n) is 5.60. The molecule has 130 valence electrons. The van der Waals surface area contributed by atoms with Gasteiger partial charge in [0.2, 0.25) is 11.9 Å². The van der Waals surface area contributed by atoms with Crippen LogP contribution >= 0.6 is 0 Å². The van der Waals surface area contributed by atoms with E-state index in [0.29, 0.717) is 5.91 Å². The van der Waals surface area contributed by atoms with Crippen LogP contribution in [0.2, 0.25) is 0 Å². The Kier molecular flexibility index (Phi) is 4.39. The molecule has 1 aliphatic carbocycles. The third kappa shape index (κ3) is 2.99. The molecule has 1 aromatic rings. The van der Waals surface area contributed by atoms with Crippen LogP contribution in [-0.4, -0.2) is 60.2 Å². The fraction of sp³-hybridized carbons (Fsp3) is 0.722. The van der Waals surface area contributed by atoms with E-state index in [-0.39, 0.29) is 5.92 Å². The lowest BCUT2D eigenvalue weighted by Crippen LogP contribution is -2.40. The van der Waals surface area contributed by atoms with Crippen LogP contribution in [0.4, 0.5) is 5.95 Å². The van der Waals surface area contributed by atoms with Gasteiger partial charge in [0.05, 0.1) is 18.9 Å². The van der Waals surface area contributed by atoms with E-state index in [4.69, 9.17) is 14.7 Å². The van der Waals surface area contributed by atoms with Gasteiger partial charge in [0, 0.05) is 44.2 Å². The van der Waals surface area contributed by atoms with Crippen LogP contribution in [0.3, 0.4) is 0 Å². The topological polar surface area (TPSA) is 58.6 Å². The van der Waals surface area contributed by atoms with Crippen LogP contribution in [0, 0.1) is 12.8 Å². The number of aryl methyl sites for hydroxylation is 1. The van der Waals surface area contributed by atoms with Crippen LogP contribution in [-0.2, 0) is 22.4 Å². The number of morpholine rings is 1. The molecule has 0 atom stereocenters. The van der Waals surface area contributed by atoms with Crippen LogP contribution < -0.4 is 4.90 Å². The summed E-state index contributed by atoms with van der Waals surface area (Å²) >= 11 is 0. The summed E-state index contributed by atoms with van der Waals surface area (Å²) in [5.41, 5.74) is 3.45. The number of nitrogens with zero attached hydrogens (tertiary/aromatic N) is 4. The number of hydrogen-bond acceptors (Lipinski definition) is 5. The van der Waals surface area contributed by atoms with E-state index in [1.165, 1.54) is 12.0 Å². The van der Waals surface area contributed by atoms with Crippen molar-refractivity contribution in [2.75, 3.05) is 44.3 Å². The summed E-state index contributed by atoms with van der Waals surface area (Å²) < 4.78 is 5.42. The minimum absolute atomic E-state index is 0.280. The normalized spacial score (nSPS) is 21.9. The molecule has 1 saturated heterocycles. The Morgan fingerprint density at radius 3 is 2.54 bits per heavy atom. The van der Waals surface area contributed by atoms with Gasteiger partial charge in [-0.25, -0.2) is 9.97 Å². The molecule has 1 aromatic heterocycles. The molecule has 0 aromatic carbocycles. The summed E-state index contributed by atoms with van der Waals surface area (Å²) in [6.07, 6.45) is 5.07. The van der Waals surface area contributed by atoms with Crippen molar-refractivity contribution in [3.63, 3.8) is 0 Å². The molecule has 2 aliphatic heterocycles. The molecule has 24 heavy (non-hydrogen) atoms. The first-order chi connectivity index (χ1) is 11.7. The molecule has 1 amide bonds. The number of rotatable bonds is 2. The van der Waals surface area contributed by atoms with Crippen molar-refractivity contribution in [2.45, 2.75) is 39.0 Å². The van der Waals surface area contributed by atoms with E-state index in [0.717, 1.165) is 82.4 Å². The molecule has 1 saturated carbocycles. The molecule has 0 spiro atoms. The molecule has 6 heteroatoms. The fourth-order valence-corrected chi connectivity index (χ4v) is 3.81. The largest absolute Gasteiger partial charge is 0.378 e. The van der Waals surface area contributed by atoms with E-state index in [1.807, 2.05) is 0 Å². The molecular formula is C18H26N4O2. The zero-order valence-electron chi connectivity index (χ0n) is 14.5. The number of fused-ring (bicyclic) bond motifs is 1. The Bertz CT molecular complexity index is 624. The van der Waals surface area contributed by atoms with E-state index >= 15 is 0 Å². The standard InChI is InChI=1S/C18H26N4O2/c1-13-15-5-7-21(17(23)14-3-2-4-14)8-6-16(15)20-18(19-13)22-9-11-24-12-10-22/h14H,2-12H2,1H3. The first kappa shape index (κ1) is 15.8. The van der Waals surface area contributed by atoms with Crippen molar-refractivity contribution >= 4 is 11.9 Å². The number of carbonyl (C=O) groups excluding carboxylic acids is 1. The lowest BCUT2D eigenvalue weighted by molar-refractivity contribution is -0.138. The smallest absolute Gasteiger partial charge is 0.225 e. The van der Waals surface area contributed by atoms with Crippen LogP contribution in [0.5, 0.6) is 0 Å². The lowest BCUT2D eigenvalue weighted by Gasteiger charge is -2.30. The van der Waals surface area contributed by atoms with Crippen molar-refractivity contribution in [1.82, 2.24) is 14.9 Å². The highest BCUT2D eigenvalue weighted by molar-refractivity contribution is 5.79. The lowest BCUT2D eigenvalue weighted by atomic mass is 9.84. The van der Waals surface area contributed by atoms with Crippen molar-refractivity contribution in [3.05, 3.63) is 17.0 Å². The number of hydrogen-bond donors (Lipinski definition) is 0. The number of carbonyl (C=O) groups is 1. The van der Waals surface area contributed by atoms with Gasteiger partial charge in [-0.05, 0) is 31.7 Å². The summed E-state index contributed by atoms with van der Waals surface area (Å²) in [6.45, 7) is 6.86. The molecule has 0 bridgehead atoms. The van der Waals surface area contributed by atoms with Gasteiger partial charge in [-0.3, -0.25) is 4.79 Å². The zero-order valence-corrected chi connectivity index (χ0v) is 14.5. The van der Waals surface area contributed by atoms with Gasteiger partial charge < -0.3 is 14.5 Å². The van der Waals surface area contributed by atoms with Crippen LogP contribution in [0.25, 0.3) is 0 Å². The van der Waals surface area contributed by atoms with E-state index in [1.54, 1.807) is 0 Å². The number of amides is 1. The second-order valence-electron chi connectivity index (χ2n) is 7.09. The zero-order chi connectivity index (χ0) is 16.5. The maximum atomic E-state index is 12.6. The predicted molar refractivity (Wildman–Crippen MR) is 91.1 cm³/mol. The van der Waals surface area contributed by atoms with Gasteiger partial charge >= 0.3 is 0 Å². The predicted octanol–water partition coefficient (Wildman–Crippen LogP) is 1.35. The average Bonchev–Trinajstić information content (AvgIpc) is 2.77. The second-order valence-corrected chi connectivity index (χ2v) is 7.09. The van der Waals surface area contributed by atoms with E-state index < -0.39 is 0 Å². The molecule has 4 rings (SSSR count). The maximum absolute atomic E-state index is 12.6. The number of anilines is 1. The van der Waals surface area contributed by atoms with Gasteiger partial charge in [0.15, 0.2) is 0 Å². The highest BCUT2D eigenvalue weighted by atomic mass is 16.5. The summed E-state index contributed by atoms with van der Waals surface area (Å²) in [4.78, 5) is 26.4. The van der Waals surface area contributed by atoms with E-state index in [9.17, 15) is 4.79 Å². The van der Waals surface area contributed by atoms with Gasteiger partial charge in [0.1, 0.15) is 0 Å². The molecule has 2 fully saturated rings. The Balaban J connectivity index is 1.52. The molecular weight excluding hydrogens is 304 g/mol. The minimum atomic E-state index is 0.280. The highest BCUT2D eigenvalue weighted by Gasteiger charge is 2.31. The van der Waals surface area contributed by atoms with Gasteiger partial charge in [-0.1, -0.05) is 6.42 Å². The van der Waals surface area contributed by atoms with Gasteiger partial charge in [-0.15, -0.1) is 0 Å². The summed E-state index contributed by atoms with van der Waals surface area (Å²) in [5, 5.41) is 0. The summed E-state index contributed by atoms with van der Waals surface area (Å²) in [6, 6.07) is 0. The Morgan fingerprint density at radius 1 is 1.08 bits per heavy atom. The molecule has 6 nitrogen and oxygen atoms in total. The van der Waals surface area contributed by atoms with Crippen molar-refractivity contribution in [2.24, 2.45) is 5.92 Å². The first-order valence-corrected chi connectivity index (χ1v) is 9.20. The Morgan fingerprint density at radius 2 is 1.83 bits per heavy atom. The number of ether oxygens (including phenoxy) is 1. The van der Waals surface area contributed by atoms with Gasteiger partial charge in [-0.2, -0.15) is 0 Å². The van der Waals surface area contributed by atoms with Crippen molar-refractivity contribution in [3.8, 4) is 0 Å². The highest BCUT2D eigenvalue weighted by Crippen LogP contribution is 2.29. The fourth-order valence-electron chi connectivity index (χ4n) is 3.81. The van der Waals surface area contributed by atoms with Gasteiger partial charge in [0.25, 0.3) is 0 Å². The molecule has 0 unspecified atom stereocenters. The third-order valence-corrected chi connectivity index (χ3v) is 5.60. The molecule has 3 aliphatic rings. The summed E-state index contributed by atoms with van der Waals surface area (Å²) in [7, 11) is 0. The molecule has 0 radical (unpaired) electrons. The van der Waals surface area contributed by atoms with Crippen molar-refractivity contribution in [1.29, 1.82) is 0 Å². The van der Waals surface area contributed by atoms with Crippen LogP contribution in [0.15, 0.2) is 0 Å². The first-order valence-electron chi connectivity index (χ1n) is 9.20. The molecule has 0 N–H and O–H groups in total.